The number of hydrogen-bond donors (Lipinski definition) is 3. The van der Waals surface area contributed by atoms with Gasteiger partial charge in [0.05, 0.1) is 17.8 Å². The first kappa shape index (κ1) is 24.5. The van der Waals surface area contributed by atoms with Crippen molar-refractivity contribution in [2.75, 3.05) is 0 Å². The van der Waals surface area contributed by atoms with Crippen LogP contribution in [0.1, 0.15) is 85.0 Å². The van der Waals surface area contributed by atoms with E-state index in [1.54, 1.807) is 0 Å². The van der Waals surface area contributed by atoms with Crippen LogP contribution < -0.4 is 0 Å². The smallest absolute Gasteiger partial charge is 0.0811 e. The average Bonchev–Trinajstić information content (AvgIpc) is 3.09. The predicted molar refractivity (Wildman–Crippen MR) is 129 cm³/mol. The minimum absolute atomic E-state index is 0.180. The molecule has 3 saturated carbocycles. The number of rotatable bonds is 7. The van der Waals surface area contributed by atoms with E-state index in [2.05, 4.69) is 38.3 Å². The lowest BCUT2D eigenvalue weighted by Crippen LogP contribution is -2.37. The van der Waals surface area contributed by atoms with Gasteiger partial charge in [-0.3, -0.25) is 0 Å². The van der Waals surface area contributed by atoms with Crippen molar-refractivity contribution in [2.24, 2.45) is 23.2 Å². The molecule has 0 aromatic carbocycles. The Bertz CT molecular complexity index is 725. The van der Waals surface area contributed by atoms with Crippen molar-refractivity contribution in [2.45, 2.75) is 103 Å². The highest BCUT2D eigenvalue weighted by Gasteiger charge is 2.51. The third-order valence-corrected chi connectivity index (χ3v) is 8.41. The van der Waals surface area contributed by atoms with E-state index in [4.69, 9.17) is 0 Å². The third kappa shape index (κ3) is 5.43. The second-order valence-electron chi connectivity index (χ2n) is 11.2. The Labute approximate surface area is 189 Å². The summed E-state index contributed by atoms with van der Waals surface area (Å²) in [7, 11) is 0. The van der Waals surface area contributed by atoms with Gasteiger partial charge in [-0.2, -0.15) is 0 Å². The monoisotopic (exact) mass is 428 g/mol. The SMILES string of the molecule is C=C[C@]12CCC/C(=C\C=C3\C[C@@H](O)C[C@H](O)C3=C)[C@@H]1CC[C@@H]2[C@H](C)CCCC(C)(C)O. The molecule has 3 nitrogen and oxygen atoms in total. The summed E-state index contributed by atoms with van der Waals surface area (Å²) in [5.74, 6) is 1.83. The highest BCUT2D eigenvalue weighted by Crippen LogP contribution is 2.60. The fraction of sp³-hybridized carbons (Fsp3) is 0.714. The fourth-order valence-electron chi connectivity index (χ4n) is 6.74. The van der Waals surface area contributed by atoms with Crippen LogP contribution in [-0.2, 0) is 0 Å². The van der Waals surface area contributed by atoms with Crippen molar-refractivity contribution < 1.29 is 15.3 Å². The first-order valence-corrected chi connectivity index (χ1v) is 12.4. The van der Waals surface area contributed by atoms with Crippen LogP contribution in [0.3, 0.4) is 0 Å². The van der Waals surface area contributed by atoms with Gasteiger partial charge in [-0.1, -0.05) is 50.1 Å². The summed E-state index contributed by atoms with van der Waals surface area (Å²) in [4.78, 5) is 0. The molecule has 0 saturated heterocycles. The Morgan fingerprint density at radius 3 is 2.65 bits per heavy atom. The minimum atomic E-state index is -0.632. The molecular weight excluding hydrogens is 384 g/mol. The van der Waals surface area contributed by atoms with Crippen molar-refractivity contribution in [3.63, 3.8) is 0 Å². The van der Waals surface area contributed by atoms with Gasteiger partial charge in [-0.25, -0.2) is 0 Å². The van der Waals surface area contributed by atoms with Crippen LogP contribution >= 0.6 is 0 Å². The van der Waals surface area contributed by atoms with E-state index in [1.165, 1.54) is 31.3 Å². The molecular formula is C28H44O3. The van der Waals surface area contributed by atoms with Gasteiger partial charge < -0.3 is 15.3 Å². The molecule has 3 aliphatic rings. The molecule has 3 fully saturated rings. The molecule has 0 aromatic heterocycles. The van der Waals surface area contributed by atoms with E-state index in [0.29, 0.717) is 30.6 Å². The summed E-state index contributed by atoms with van der Waals surface area (Å²) in [5.41, 5.74) is 2.86. The molecule has 3 rings (SSSR count). The lowest BCUT2D eigenvalue weighted by atomic mass is 9.59. The molecule has 0 aromatic rings. The number of hydrogen-bond acceptors (Lipinski definition) is 3. The van der Waals surface area contributed by atoms with Crippen LogP contribution in [-0.4, -0.2) is 33.1 Å². The summed E-state index contributed by atoms with van der Waals surface area (Å²) in [6.45, 7) is 14.6. The summed E-state index contributed by atoms with van der Waals surface area (Å²) in [6, 6.07) is 0. The summed E-state index contributed by atoms with van der Waals surface area (Å²) in [5, 5.41) is 30.3. The van der Waals surface area contributed by atoms with Crippen molar-refractivity contribution >= 4 is 0 Å². The molecule has 0 aliphatic heterocycles. The van der Waals surface area contributed by atoms with Gasteiger partial charge in [-0.05, 0) is 93.1 Å². The zero-order valence-corrected chi connectivity index (χ0v) is 19.9. The van der Waals surface area contributed by atoms with Gasteiger partial charge in [0.25, 0.3) is 0 Å². The molecule has 3 heteroatoms. The van der Waals surface area contributed by atoms with Crippen molar-refractivity contribution in [1.29, 1.82) is 0 Å². The molecule has 31 heavy (non-hydrogen) atoms. The van der Waals surface area contributed by atoms with Crippen LogP contribution in [0.15, 0.2) is 48.1 Å². The van der Waals surface area contributed by atoms with E-state index in [9.17, 15) is 15.3 Å². The number of aliphatic hydroxyl groups excluding tert-OH is 2. The van der Waals surface area contributed by atoms with Gasteiger partial charge in [0.1, 0.15) is 0 Å². The van der Waals surface area contributed by atoms with Crippen LogP contribution in [0.2, 0.25) is 0 Å². The highest BCUT2D eigenvalue weighted by molar-refractivity contribution is 5.39. The van der Waals surface area contributed by atoms with Gasteiger partial charge in [0.15, 0.2) is 0 Å². The van der Waals surface area contributed by atoms with E-state index in [-0.39, 0.29) is 5.41 Å². The first-order valence-electron chi connectivity index (χ1n) is 12.4. The van der Waals surface area contributed by atoms with Gasteiger partial charge in [0.2, 0.25) is 0 Å². The van der Waals surface area contributed by atoms with Crippen molar-refractivity contribution in [1.82, 2.24) is 0 Å². The van der Waals surface area contributed by atoms with Crippen LogP contribution in [0.5, 0.6) is 0 Å². The fourth-order valence-corrected chi connectivity index (χ4v) is 6.74. The van der Waals surface area contributed by atoms with Crippen LogP contribution in [0.4, 0.5) is 0 Å². The Balaban J connectivity index is 1.76. The first-order chi connectivity index (χ1) is 14.6. The molecule has 0 amide bonds. The molecule has 0 spiro atoms. The molecule has 3 aliphatic carbocycles. The lowest BCUT2D eigenvalue weighted by molar-refractivity contribution is 0.0629. The molecule has 0 unspecified atom stereocenters. The zero-order valence-electron chi connectivity index (χ0n) is 19.9. The van der Waals surface area contributed by atoms with E-state index >= 15 is 0 Å². The summed E-state index contributed by atoms with van der Waals surface area (Å²) >= 11 is 0. The second-order valence-corrected chi connectivity index (χ2v) is 11.2. The van der Waals surface area contributed by atoms with Crippen LogP contribution in [0.25, 0.3) is 0 Å². The Hall–Kier alpha value is -1.16. The average molecular weight is 429 g/mol. The van der Waals surface area contributed by atoms with E-state index in [1.807, 2.05) is 13.8 Å². The minimum Gasteiger partial charge on any atom is -0.393 e. The Morgan fingerprint density at radius 1 is 1.23 bits per heavy atom. The number of aliphatic hydroxyl groups is 3. The molecule has 3 N–H and O–H groups in total. The molecule has 0 radical (unpaired) electrons. The molecule has 174 valence electrons. The maximum atomic E-state index is 10.2. The largest absolute Gasteiger partial charge is 0.393 e. The number of fused-ring (bicyclic) bond motifs is 1. The maximum absolute atomic E-state index is 10.2. The van der Waals surface area contributed by atoms with Gasteiger partial charge in [0, 0.05) is 6.42 Å². The molecule has 0 bridgehead atoms. The van der Waals surface area contributed by atoms with Crippen LogP contribution in [0, 0.1) is 23.2 Å². The molecule has 0 heterocycles. The Kier molecular flexibility index (Phi) is 7.71. The van der Waals surface area contributed by atoms with E-state index in [0.717, 1.165) is 36.8 Å². The van der Waals surface area contributed by atoms with Crippen molar-refractivity contribution in [3.8, 4) is 0 Å². The quantitative estimate of drug-likeness (QED) is 0.444. The Morgan fingerprint density at radius 2 is 1.97 bits per heavy atom. The zero-order chi connectivity index (χ0) is 22.8. The maximum Gasteiger partial charge on any atom is 0.0811 e. The van der Waals surface area contributed by atoms with Crippen molar-refractivity contribution in [3.05, 3.63) is 48.1 Å². The topological polar surface area (TPSA) is 60.7 Å². The number of allylic oxidation sites excluding steroid dienone is 4. The normalized spacial score (nSPS) is 37.8. The summed E-state index contributed by atoms with van der Waals surface area (Å²) < 4.78 is 0. The summed E-state index contributed by atoms with van der Waals surface area (Å²) in [6.07, 6.45) is 15.6. The standard InChI is InChI=1S/C28H44O3/c1-6-28-16-8-10-21(11-12-22-17-23(29)18-26(30)20(22)3)25(28)14-13-24(28)19(2)9-7-15-27(4,5)31/h6,11-12,19,23-26,29-31H,1,3,7-10,13-18H2,2,4-5H3/b21-11+,22-12-/t19-,23-,24-,25+,26+,28-/m1/s1. The van der Waals surface area contributed by atoms with E-state index < -0.39 is 17.8 Å². The predicted octanol–water partition coefficient (Wildman–Crippen LogP) is 5.87. The third-order valence-electron chi connectivity index (χ3n) is 8.41. The second kappa shape index (κ2) is 9.77. The van der Waals surface area contributed by atoms with Gasteiger partial charge >= 0.3 is 0 Å². The lowest BCUT2D eigenvalue weighted by Gasteiger charge is -2.45. The molecule has 6 atom stereocenters. The van der Waals surface area contributed by atoms with Gasteiger partial charge in [-0.15, -0.1) is 6.58 Å². The highest BCUT2D eigenvalue weighted by atomic mass is 16.3.